The summed E-state index contributed by atoms with van der Waals surface area (Å²) in [6.45, 7) is 4.44. The van der Waals surface area contributed by atoms with E-state index in [0.717, 1.165) is 39.0 Å². The SMILES string of the molecule is CCC(CNC1CCOCC1)Oc1ccccc1F. The van der Waals surface area contributed by atoms with E-state index >= 15 is 0 Å². The Hall–Kier alpha value is -1.13. The van der Waals surface area contributed by atoms with Crippen LogP contribution < -0.4 is 10.1 Å². The largest absolute Gasteiger partial charge is 0.486 e. The molecule has 1 heterocycles. The highest BCUT2D eigenvalue weighted by Crippen LogP contribution is 2.18. The normalized spacial score (nSPS) is 18.2. The van der Waals surface area contributed by atoms with Crippen LogP contribution in [0.25, 0.3) is 0 Å². The average Bonchev–Trinajstić information content (AvgIpc) is 2.46. The molecule has 0 bridgehead atoms. The topological polar surface area (TPSA) is 30.5 Å². The van der Waals surface area contributed by atoms with Crippen molar-refractivity contribution in [2.45, 2.75) is 38.3 Å². The zero-order chi connectivity index (χ0) is 13.5. The Kier molecular flexibility index (Phi) is 5.61. The van der Waals surface area contributed by atoms with Crippen LogP contribution in [0.15, 0.2) is 24.3 Å². The molecular weight excluding hydrogens is 245 g/mol. The summed E-state index contributed by atoms with van der Waals surface area (Å²) in [7, 11) is 0. The van der Waals surface area contributed by atoms with Gasteiger partial charge < -0.3 is 14.8 Å². The molecule has 0 aromatic heterocycles. The van der Waals surface area contributed by atoms with Gasteiger partial charge in [0.2, 0.25) is 0 Å². The molecule has 0 aliphatic carbocycles. The first-order valence-corrected chi connectivity index (χ1v) is 7.02. The number of hydrogen-bond acceptors (Lipinski definition) is 3. The second-order valence-corrected chi connectivity index (χ2v) is 4.87. The molecule has 0 radical (unpaired) electrons. The fourth-order valence-electron chi connectivity index (χ4n) is 2.19. The summed E-state index contributed by atoms with van der Waals surface area (Å²) in [5, 5.41) is 3.48. The van der Waals surface area contributed by atoms with E-state index in [-0.39, 0.29) is 11.9 Å². The van der Waals surface area contributed by atoms with Gasteiger partial charge in [-0.05, 0) is 31.4 Å². The number of nitrogens with one attached hydrogen (secondary N) is 1. The highest BCUT2D eigenvalue weighted by atomic mass is 19.1. The summed E-state index contributed by atoms with van der Waals surface area (Å²) >= 11 is 0. The minimum Gasteiger partial charge on any atom is -0.486 e. The van der Waals surface area contributed by atoms with Crippen LogP contribution in [0, 0.1) is 5.82 Å². The number of ether oxygens (including phenoxy) is 2. The van der Waals surface area contributed by atoms with Crippen molar-refractivity contribution < 1.29 is 13.9 Å². The Bertz CT molecular complexity index is 380. The quantitative estimate of drug-likeness (QED) is 0.859. The molecule has 1 N–H and O–H groups in total. The van der Waals surface area contributed by atoms with Crippen LogP contribution in [-0.2, 0) is 4.74 Å². The number of hydrogen-bond donors (Lipinski definition) is 1. The molecule has 1 aliphatic rings. The molecular formula is C15H22FNO2. The van der Waals surface area contributed by atoms with Gasteiger partial charge in [-0.1, -0.05) is 19.1 Å². The molecule has 0 spiro atoms. The number of rotatable bonds is 6. The minimum atomic E-state index is -0.299. The van der Waals surface area contributed by atoms with Gasteiger partial charge in [-0.3, -0.25) is 0 Å². The number of benzene rings is 1. The maximum absolute atomic E-state index is 13.5. The molecule has 1 aliphatic heterocycles. The Labute approximate surface area is 114 Å². The van der Waals surface area contributed by atoms with Gasteiger partial charge in [-0.2, -0.15) is 0 Å². The summed E-state index contributed by atoms with van der Waals surface area (Å²) < 4.78 is 24.6. The third kappa shape index (κ3) is 4.48. The molecule has 0 amide bonds. The van der Waals surface area contributed by atoms with Crippen LogP contribution >= 0.6 is 0 Å². The van der Waals surface area contributed by atoms with Crippen LogP contribution in [-0.4, -0.2) is 31.9 Å². The van der Waals surface area contributed by atoms with E-state index in [9.17, 15) is 4.39 Å². The van der Waals surface area contributed by atoms with Gasteiger partial charge in [-0.25, -0.2) is 4.39 Å². The molecule has 1 aromatic carbocycles. The molecule has 106 valence electrons. The lowest BCUT2D eigenvalue weighted by Crippen LogP contribution is -2.40. The zero-order valence-electron chi connectivity index (χ0n) is 11.4. The second kappa shape index (κ2) is 7.46. The van der Waals surface area contributed by atoms with Gasteiger partial charge in [0.25, 0.3) is 0 Å². The number of para-hydroxylation sites is 1. The Morgan fingerprint density at radius 3 is 2.79 bits per heavy atom. The maximum atomic E-state index is 13.5. The van der Waals surface area contributed by atoms with Crippen molar-refractivity contribution in [2.24, 2.45) is 0 Å². The van der Waals surface area contributed by atoms with Crippen molar-refractivity contribution in [1.82, 2.24) is 5.32 Å². The second-order valence-electron chi connectivity index (χ2n) is 4.87. The number of halogens is 1. The molecule has 3 nitrogen and oxygen atoms in total. The first kappa shape index (κ1) is 14.3. The maximum Gasteiger partial charge on any atom is 0.165 e. The summed E-state index contributed by atoms with van der Waals surface area (Å²) in [6.07, 6.45) is 2.93. The molecule has 2 rings (SSSR count). The van der Waals surface area contributed by atoms with Gasteiger partial charge in [0.05, 0.1) is 0 Å². The Morgan fingerprint density at radius 2 is 2.11 bits per heavy atom. The van der Waals surface area contributed by atoms with Crippen molar-refractivity contribution in [1.29, 1.82) is 0 Å². The molecule has 1 aromatic rings. The van der Waals surface area contributed by atoms with Gasteiger partial charge in [0.1, 0.15) is 6.10 Å². The molecule has 1 fully saturated rings. The van der Waals surface area contributed by atoms with Crippen LogP contribution in [0.1, 0.15) is 26.2 Å². The smallest absolute Gasteiger partial charge is 0.165 e. The standard InChI is InChI=1S/C15H22FNO2/c1-2-13(11-17-12-7-9-18-10-8-12)19-15-6-4-3-5-14(15)16/h3-6,12-13,17H,2,7-11H2,1H3. The highest BCUT2D eigenvalue weighted by molar-refractivity contribution is 5.23. The molecule has 1 saturated heterocycles. The minimum absolute atomic E-state index is 0.000236. The van der Waals surface area contributed by atoms with Crippen molar-refractivity contribution in [3.8, 4) is 5.75 Å². The van der Waals surface area contributed by atoms with E-state index in [0.29, 0.717) is 11.8 Å². The Balaban J connectivity index is 1.81. The molecule has 19 heavy (non-hydrogen) atoms. The fourth-order valence-corrected chi connectivity index (χ4v) is 2.19. The van der Waals surface area contributed by atoms with E-state index in [1.807, 2.05) is 0 Å². The van der Waals surface area contributed by atoms with E-state index in [2.05, 4.69) is 12.2 Å². The molecule has 1 unspecified atom stereocenters. The third-order valence-corrected chi connectivity index (χ3v) is 3.44. The summed E-state index contributed by atoms with van der Waals surface area (Å²) in [4.78, 5) is 0. The fraction of sp³-hybridized carbons (Fsp3) is 0.600. The van der Waals surface area contributed by atoms with Gasteiger partial charge >= 0.3 is 0 Å². The molecule has 4 heteroatoms. The molecule has 0 saturated carbocycles. The lowest BCUT2D eigenvalue weighted by atomic mass is 10.1. The monoisotopic (exact) mass is 267 g/mol. The van der Waals surface area contributed by atoms with Crippen molar-refractivity contribution in [2.75, 3.05) is 19.8 Å². The van der Waals surface area contributed by atoms with E-state index < -0.39 is 0 Å². The third-order valence-electron chi connectivity index (χ3n) is 3.44. The van der Waals surface area contributed by atoms with E-state index in [4.69, 9.17) is 9.47 Å². The van der Waals surface area contributed by atoms with Gasteiger partial charge in [-0.15, -0.1) is 0 Å². The predicted octanol–water partition coefficient (Wildman–Crippen LogP) is 2.75. The summed E-state index contributed by atoms with van der Waals surface area (Å²) in [6, 6.07) is 7.05. The van der Waals surface area contributed by atoms with E-state index in [1.165, 1.54) is 6.07 Å². The van der Waals surface area contributed by atoms with Crippen LogP contribution in [0.5, 0.6) is 5.75 Å². The van der Waals surface area contributed by atoms with Crippen LogP contribution in [0.2, 0.25) is 0 Å². The van der Waals surface area contributed by atoms with Crippen molar-refractivity contribution >= 4 is 0 Å². The van der Waals surface area contributed by atoms with Gasteiger partial charge in [0, 0.05) is 25.8 Å². The molecule has 1 atom stereocenters. The lowest BCUT2D eigenvalue weighted by Gasteiger charge is -2.26. The first-order valence-electron chi connectivity index (χ1n) is 7.02. The van der Waals surface area contributed by atoms with Crippen LogP contribution in [0.3, 0.4) is 0 Å². The van der Waals surface area contributed by atoms with E-state index in [1.54, 1.807) is 18.2 Å². The predicted molar refractivity (Wildman–Crippen MR) is 73.0 cm³/mol. The van der Waals surface area contributed by atoms with Crippen molar-refractivity contribution in [3.63, 3.8) is 0 Å². The first-order chi connectivity index (χ1) is 9.29. The van der Waals surface area contributed by atoms with Crippen molar-refractivity contribution in [3.05, 3.63) is 30.1 Å². The lowest BCUT2D eigenvalue weighted by molar-refractivity contribution is 0.0735. The average molecular weight is 267 g/mol. The Morgan fingerprint density at radius 1 is 1.37 bits per heavy atom. The summed E-state index contributed by atoms with van der Waals surface area (Å²) in [5.41, 5.74) is 0. The van der Waals surface area contributed by atoms with Crippen LogP contribution in [0.4, 0.5) is 4.39 Å². The summed E-state index contributed by atoms with van der Waals surface area (Å²) in [5.74, 6) is 0.0372. The van der Waals surface area contributed by atoms with Gasteiger partial charge in [0.15, 0.2) is 11.6 Å². The highest BCUT2D eigenvalue weighted by Gasteiger charge is 2.16. The zero-order valence-corrected chi connectivity index (χ0v) is 11.4.